The van der Waals surface area contributed by atoms with Crippen LogP contribution in [0.25, 0.3) is 0 Å². The minimum absolute atomic E-state index is 0.00782. The maximum absolute atomic E-state index is 13.4. The minimum Gasteiger partial charge on any atom is -0.341 e. The molecule has 1 fully saturated rings. The Hall–Kier alpha value is -1.49. The summed E-state index contributed by atoms with van der Waals surface area (Å²) in [5.41, 5.74) is 0.249. The molecule has 0 saturated carbocycles. The van der Waals surface area contributed by atoms with Crippen molar-refractivity contribution in [1.29, 1.82) is 0 Å². The molecule has 0 aromatic heterocycles. The van der Waals surface area contributed by atoms with Gasteiger partial charge in [-0.05, 0) is 24.6 Å². The first-order valence-corrected chi connectivity index (χ1v) is 6.09. The zero-order valence-corrected chi connectivity index (χ0v) is 10.1. The Labute approximate surface area is 105 Å². The van der Waals surface area contributed by atoms with E-state index in [9.17, 15) is 13.6 Å². The van der Waals surface area contributed by atoms with Gasteiger partial charge in [-0.15, -0.1) is 0 Å². The van der Waals surface area contributed by atoms with E-state index in [4.69, 9.17) is 0 Å². The molecule has 0 bridgehead atoms. The van der Waals surface area contributed by atoms with Crippen LogP contribution >= 0.6 is 0 Å². The number of rotatable bonds is 2. The Morgan fingerprint density at radius 3 is 2.89 bits per heavy atom. The summed E-state index contributed by atoms with van der Waals surface area (Å²) in [7, 11) is 0. The summed E-state index contributed by atoms with van der Waals surface area (Å²) in [5.74, 6) is -1.39. The first-order chi connectivity index (χ1) is 8.66. The number of nitrogens with one attached hydrogen (secondary N) is 1. The van der Waals surface area contributed by atoms with Crippen LogP contribution in [0, 0.1) is 11.6 Å². The summed E-state index contributed by atoms with van der Waals surface area (Å²) in [6.07, 6.45) is 0.893. The van der Waals surface area contributed by atoms with E-state index in [-0.39, 0.29) is 17.9 Å². The largest absolute Gasteiger partial charge is 0.341 e. The number of hydrogen-bond donors (Lipinski definition) is 1. The maximum atomic E-state index is 13.4. The van der Waals surface area contributed by atoms with Crippen LogP contribution in [0.15, 0.2) is 18.2 Å². The van der Waals surface area contributed by atoms with Crippen molar-refractivity contribution < 1.29 is 13.6 Å². The predicted molar refractivity (Wildman–Crippen MR) is 64.1 cm³/mol. The number of nitrogens with zero attached hydrogens (tertiary/aromatic N) is 1. The fraction of sp³-hybridized carbons (Fsp3) is 0.462. The summed E-state index contributed by atoms with van der Waals surface area (Å²) < 4.78 is 26.2. The molecular formula is C13H16F2N2O. The molecule has 98 valence electrons. The molecule has 0 unspecified atom stereocenters. The lowest BCUT2D eigenvalue weighted by atomic mass is 10.1. The second-order valence-corrected chi connectivity index (χ2v) is 4.40. The predicted octanol–water partition coefficient (Wildman–Crippen LogP) is 1.33. The average Bonchev–Trinajstić information content (AvgIpc) is 2.61. The molecule has 1 aliphatic rings. The smallest absolute Gasteiger partial charge is 0.227 e. The molecule has 1 amide bonds. The van der Waals surface area contributed by atoms with Crippen molar-refractivity contribution in [1.82, 2.24) is 10.2 Å². The van der Waals surface area contributed by atoms with Crippen LogP contribution in [0.4, 0.5) is 8.78 Å². The molecule has 0 aliphatic carbocycles. The van der Waals surface area contributed by atoms with Crippen molar-refractivity contribution in [3.8, 4) is 0 Å². The highest BCUT2D eigenvalue weighted by molar-refractivity contribution is 5.78. The van der Waals surface area contributed by atoms with E-state index in [1.165, 1.54) is 12.1 Å². The van der Waals surface area contributed by atoms with Crippen LogP contribution in [0.3, 0.4) is 0 Å². The molecule has 1 saturated heterocycles. The molecule has 0 spiro atoms. The third-order valence-corrected chi connectivity index (χ3v) is 3.05. The number of hydrogen-bond acceptors (Lipinski definition) is 2. The van der Waals surface area contributed by atoms with E-state index in [0.29, 0.717) is 13.1 Å². The second-order valence-electron chi connectivity index (χ2n) is 4.40. The number of carbonyl (C=O) groups excluding carboxylic acids is 1. The van der Waals surface area contributed by atoms with Gasteiger partial charge in [-0.1, -0.05) is 6.07 Å². The summed E-state index contributed by atoms with van der Waals surface area (Å²) >= 11 is 0. The van der Waals surface area contributed by atoms with E-state index < -0.39 is 11.6 Å². The number of benzene rings is 1. The molecule has 0 atom stereocenters. The molecule has 1 aliphatic heterocycles. The van der Waals surface area contributed by atoms with Gasteiger partial charge < -0.3 is 10.2 Å². The van der Waals surface area contributed by atoms with Crippen LogP contribution in [-0.4, -0.2) is 37.0 Å². The van der Waals surface area contributed by atoms with Crippen molar-refractivity contribution in [2.75, 3.05) is 26.2 Å². The highest BCUT2D eigenvalue weighted by atomic mass is 19.1. The van der Waals surface area contributed by atoms with Gasteiger partial charge in [-0.2, -0.15) is 0 Å². The minimum atomic E-state index is -0.656. The molecular weight excluding hydrogens is 238 g/mol. The average molecular weight is 254 g/mol. The molecule has 18 heavy (non-hydrogen) atoms. The van der Waals surface area contributed by atoms with E-state index in [0.717, 1.165) is 25.6 Å². The Balaban J connectivity index is 2.01. The third kappa shape index (κ3) is 3.26. The van der Waals surface area contributed by atoms with Gasteiger partial charge in [-0.3, -0.25) is 4.79 Å². The summed E-state index contributed by atoms with van der Waals surface area (Å²) in [6.45, 7) is 2.99. The first kappa shape index (κ1) is 13.0. The quantitative estimate of drug-likeness (QED) is 0.863. The number of halogens is 2. The van der Waals surface area contributed by atoms with Crippen molar-refractivity contribution >= 4 is 5.91 Å². The molecule has 2 rings (SSSR count). The summed E-state index contributed by atoms with van der Waals surface area (Å²) in [6, 6.07) is 3.32. The van der Waals surface area contributed by atoms with Gasteiger partial charge in [0.2, 0.25) is 5.91 Å². The van der Waals surface area contributed by atoms with Crippen molar-refractivity contribution in [3.63, 3.8) is 0 Å². The van der Waals surface area contributed by atoms with Crippen molar-refractivity contribution in [2.45, 2.75) is 12.8 Å². The Morgan fingerprint density at radius 2 is 2.11 bits per heavy atom. The molecule has 1 N–H and O–H groups in total. The second kappa shape index (κ2) is 5.91. The molecule has 1 aromatic carbocycles. The number of carbonyl (C=O) groups is 1. The Morgan fingerprint density at radius 1 is 1.28 bits per heavy atom. The maximum Gasteiger partial charge on any atom is 0.227 e. The van der Waals surface area contributed by atoms with Gasteiger partial charge in [0, 0.05) is 25.7 Å². The zero-order chi connectivity index (χ0) is 13.0. The fourth-order valence-electron chi connectivity index (χ4n) is 2.03. The standard InChI is InChI=1S/C13H16F2N2O/c14-11-3-2-10(12(15)9-11)8-13(18)17-6-1-4-16-5-7-17/h2-3,9,16H,1,4-8H2. The van der Waals surface area contributed by atoms with Crippen LogP contribution in [0.5, 0.6) is 0 Å². The lowest BCUT2D eigenvalue weighted by Crippen LogP contribution is -2.35. The molecule has 1 aromatic rings. The van der Waals surface area contributed by atoms with Gasteiger partial charge in [-0.25, -0.2) is 8.78 Å². The number of amides is 1. The van der Waals surface area contributed by atoms with Gasteiger partial charge in [0.15, 0.2) is 0 Å². The van der Waals surface area contributed by atoms with Crippen molar-refractivity contribution in [3.05, 3.63) is 35.4 Å². The van der Waals surface area contributed by atoms with E-state index >= 15 is 0 Å². The lowest BCUT2D eigenvalue weighted by Gasteiger charge is -2.20. The normalized spacial score (nSPS) is 16.4. The fourth-order valence-corrected chi connectivity index (χ4v) is 2.03. The first-order valence-electron chi connectivity index (χ1n) is 6.09. The van der Waals surface area contributed by atoms with E-state index in [1.54, 1.807) is 4.90 Å². The molecule has 5 heteroatoms. The van der Waals surface area contributed by atoms with Crippen LogP contribution in [-0.2, 0) is 11.2 Å². The molecule has 0 radical (unpaired) electrons. The third-order valence-electron chi connectivity index (χ3n) is 3.05. The monoisotopic (exact) mass is 254 g/mol. The highest BCUT2D eigenvalue weighted by Crippen LogP contribution is 2.11. The van der Waals surface area contributed by atoms with Gasteiger partial charge in [0.1, 0.15) is 11.6 Å². The zero-order valence-electron chi connectivity index (χ0n) is 10.1. The molecule has 1 heterocycles. The van der Waals surface area contributed by atoms with Crippen LogP contribution in [0.1, 0.15) is 12.0 Å². The Kier molecular flexibility index (Phi) is 4.25. The van der Waals surface area contributed by atoms with Crippen LogP contribution in [0.2, 0.25) is 0 Å². The summed E-state index contributed by atoms with van der Waals surface area (Å²) in [5, 5.41) is 3.20. The SMILES string of the molecule is O=C(Cc1ccc(F)cc1F)N1CCCNCC1. The summed E-state index contributed by atoms with van der Waals surface area (Å²) in [4.78, 5) is 13.7. The topological polar surface area (TPSA) is 32.3 Å². The Bertz CT molecular complexity index is 429. The highest BCUT2D eigenvalue weighted by Gasteiger charge is 2.17. The lowest BCUT2D eigenvalue weighted by molar-refractivity contribution is -0.130. The van der Waals surface area contributed by atoms with Gasteiger partial charge in [0.05, 0.1) is 6.42 Å². The van der Waals surface area contributed by atoms with Gasteiger partial charge >= 0.3 is 0 Å². The van der Waals surface area contributed by atoms with E-state index in [1.807, 2.05) is 0 Å². The van der Waals surface area contributed by atoms with E-state index in [2.05, 4.69) is 5.32 Å². The van der Waals surface area contributed by atoms with Crippen LogP contribution < -0.4 is 5.32 Å². The van der Waals surface area contributed by atoms with Crippen molar-refractivity contribution in [2.24, 2.45) is 0 Å². The molecule has 3 nitrogen and oxygen atoms in total. The van der Waals surface area contributed by atoms with Gasteiger partial charge in [0.25, 0.3) is 0 Å².